The predicted octanol–water partition coefficient (Wildman–Crippen LogP) is 0.709. The van der Waals surface area contributed by atoms with Crippen LogP contribution in [0.25, 0.3) is 0 Å². The molecule has 0 spiro atoms. The van der Waals surface area contributed by atoms with Crippen LogP contribution >= 0.6 is 0 Å². The minimum atomic E-state index is -1.13. The van der Waals surface area contributed by atoms with Gasteiger partial charge in [0.25, 0.3) is 0 Å². The average molecular weight is 294 g/mol. The first-order valence-corrected chi connectivity index (χ1v) is 6.53. The van der Waals surface area contributed by atoms with E-state index < -0.39 is 12.0 Å². The summed E-state index contributed by atoms with van der Waals surface area (Å²) in [6.45, 7) is 0.600. The summed E-state index contributed by atoms with van der Waals surface area (Å²) < 4.78 is 10.2. The highest BCUT2D eigenvalue weighted by molar-refractivity contribution is 6.02. The Balaban J connectivity index is 2.12. The lowest BCUT2D eigenvalue weighted by atomic mass is 10.1. The van der Waals surface area contributed by atoms with Gasteiger partial charge in [-0.05, 0) is 24.6 Å². The SMILES string of the molecule is COc1ccc(NC(=O)C2CC(OC)CN2)c(C(=O)O)c1. The smallest absolute Gasteiger partial charge is 0.337 e. The number of ether oxygens (including phenoxy) is 2. The predicted molar refractivity (Wildman–Crippen MR) is 75.8 cm³/mol. The molecule has 1 aromatic carbocycles. The summed E-state index contributed by atoms with van der Waals surface area (Å²) in [5.41, 5.74) is 0.236. The van der Waals surface area contributed by atoms with Crippen molar-refractivity contribution < 1.29 is 24.2 Å². The highest BCUT2D eigenvalue weighted by atomic mass is 16.5. The van der Waals surface area contributed by atoms with Crippen molar-refractivity contribution in [2.45, 2.75) is 18.6 Å². The molecule has 0 radical (unpaired) electrons. The molecule has 2 unspecified atom stereocenters. The fourth-order valence-corrected chi connectivity index (χ4v) is 2.24. The Morgan fingerprint density at radius 1 is 1.38 bits per heavy atom. The number of carbonyl (C=O) groups is 2. The van der Waals surface area contributed by atoms with Crippen molar-refractivity contribution in [3.05, 3.63) is 23.8 Å². The molecule has 1 aliphatic heterocycles. The molecule has 1 aromatic rings. The molecule has 7 heteroatoms. The van der Waals surface area contributed by atoms with Gasteiger partial charge in [-0.2, -0.15) is 0 Å². The van der Waals surface area contributed by atoms with Crippen molar-refractivity contribution in [3.63, 3.8) is 0 Å². The largest absolute Gasteiger partial charge is 0.497 e. The summed E-state index contributed by atoms with van der Waals surface area (Å²) in [6, 6.07) is 4.10. The van der Waals surface area contributed by atoms with Crippen LogP contribution in [0.3, 0.4) is 0 Å². The van der Waals surface area contributed by atoms with Crippen LogP contribution in [-0.4, -0.2) is 49.9 Å². The molecule has 114 valence electrons. The van der Waals surface area contributed by atoms with E-state index >= 15 is 0 Å². The summed E-state index contributed by atoms with van der Waals surface area (Å²) in [5, 5.41) is 14.9. The molecule has 21 heavy (non-hydrogen) atoms. The van der Waals surface area contributed by atoms with Gasteiger partial charge in [0.05, 0.1) is 30.5 Å². The maximum absolute atomic E-state index is 12.2. The van der Waals surface area contributed by atoms with E-state index in [0.717, 1.165) is 0 Å². The first-order chi connectivity index (χ1) is 10.0. The van der Waals surface area contributed by atoms with Crippen molar-refractivity contribution in [2.24, 2.45) is 0 Å². The molecule has 0 aromatic heterocycles. The van der Waals surface area contributed by atoms with E-state index in [1.54, 1.807) is 13.2 Å². The van der Waals surface area contributed by atoms with E-state index in [2.05, 4.69) is 10.6 Å². The molecular weight excluding hydrogens is 276 g/mol. The van der Waals surface area contributed by atoms with Crippen LogP contribution in [0.2, 0.25) is 0 Å². The Morgan fingerprint density at radius 3 is 2.71 bits per heavy atom. The third kappa shape index (κ3) is 3.50. The Kier molecular flexibility index (Phi) is 4.77. The summed E-state index contributed by atoms with van der Waals surface area (Å²) >= 11 is 0. The number of aromatic carboxylic acids is 1. The van der Waals surface area contributed by atoms with Gasteiger partial charge in [0.15, 0.2) is 0 Å². The maximum atomic E-state index is 12.2. The summed E-state index contributed by atoms with van der Waals surface area (Å²) in [6.07, 6.45) is 0.552. The number of rotatable bonds is 5. The first-order valence-electron chi connectivity index (χ1n) is 6.53. The van der Waals surface area contributed by atoms with Crippen LogP contribution in [0.5, 0.6) is 5.75 Å². The number of carboxylic acids is 1. The zero-order valence-electron chi connectivity index (χ0n) is 11.9. The first kappa shape index (κ1) is 15.3. The van der Waals surface area contributed by atoms with Crippen LogP contribution in [-0.2, 0) is 9.53 Å². The number of benzene rings is 1. The van der Waals surface area contributed by atoms with Gasteiger partial charge >= 0.3 is 5.97 Å². The number of nitrogens with one attached hydrogen (secondary N) is 2. The molecule has 1 heterocycles. The Bertz CT molecular complexity index is 546. The quantitative estimate of drug-likeness (QED) is 0.740. The van der Waals surface area contributed by atoms with Crippen molar-refractivity contribution in [2.75, 3.05) is 26.1 Å². The molecule has 0 saturated carbocycles. The van der Waals surface area contributed by atoms with Crippen molar-refractivity contribution in [1.29, 1.82) is 0 Å². The van der Waals surface area contributed by atoms with E-state index in [4.69, 9.17) is 9.47 Å². The Labute approximate surface area is 122 Å². The Morgan fingerprint density at radius 2 is 2.14 bits per heavy atom. The molecule has 1 aliphatic rings. The minimum absolute atomic E-state index is 0.00411. The molecule has 1 amide bonds. The monoisotopic (exact) mass is 294 g/mol. The topological polar surface area (TPSA) is 96.9 Å². The summed E-state index contributed by atoms with van der Waals surface area (Å²) in [4.78, 5) is 23.4. The molecular formula is C14H18N2O5. The van der Waals surface area contributed by atoms with Gasteiger partial charge in [-0.1, -0.05) is 0 Å². The zero-order chi connectivity index (χ0) is 15.4. The van der Waals surface area contributed by atoms with Gasteiger partial charge < -0.3 is 25.2 Å². The fraction of sp³-hybridized carbons (Fsp3) is 0.429. The summed E-state index contributed by atoms with van der Waals surface area (Å²) in [5.74, 6) is -0.982. The van der Waals surface area contributed by atoms with Crippen molar-refractivity contribution >= 4 is 17.6 Å². The fourth-order valence-electron chi connectivity index (χ4n) is 2.24. The number of hydrogen-bond donors (Lipinski definition) is 3. The molecule has 7 nitrogen and oxygen atoms in total. The second-order valence-electron chi connectivity index (χ2n) is 4.76. The lowest BCUT2D eigenvalue weighted by Gasteiger charge is -2.13. The van der Waals surface area contributed by atoms with Gasteiger partial charge in [-0.25, -0.2) is 4.79 Å². The van der Waals surface area contributed by atoms with E-state index in [-0.39, 0.29) is 23.3 Å². The number of methoxy groups -OCH3 is 2. The molecule has 1 fully saturated rings. The molecule has 0 bridgehead atoms. The lowest BCUT2D eigenvalue weighted by Crippen LogP contribution is -2.35. The summed E-state index contributed by atoms with van der Waals surface area (Å²) in [7, 11) is 3.05. The number of hydrogen-bond acceptors (Lipinski definition) is 5. The van der Waals surface area contributed by atoms with E-state index in [1.165, 1.54) is 19.2 Å². The van der Waals surface area contributed by atoms with Crippen LogP contribution in [0.4, 0.5) is 5.69 Å². The van der Waals surface area contributed by atoms with E-state index in [0.29, 0.717) is 18.7 Å². The molecule has 3 N–H and O–H groups in total. The highest BCUT2D eigenvalue weighted by Gasteiger charge is 2.29. The highest BCUT2D eigenvalue weighted by Crippen LogP contribution is 2.23. The van der Waals surface area contributed by atoms with Crippen LogP contribution < -0.4 is 15.4 Å². The number of amides is 1. The second kappa shape index (κ2) is 6.55. The average Bonchev–Trinajstić information content (AvgIpc) is 2.96. The van der Waals surface area contributed by atoms with Gasteiger partial charge in [0, 0.05) is 13.7 Å². The number of anilines is 1. The standard InChI is InChI=1S/C14H18N2O5/c1-20-8-3-4-11(10(5-8)14(18)19)16-13(17)12-6-9(21-2)7-15-12/h3-5,9,12,15H,6-7H2,1-2H3,(H,16,17)(H,18,19). The van der Waals surface area contributed by atoms with Crippen LogP contribution in [0.15, 0.2) is 18.2 Å². The van der Waals surface area contributed by atoms with Crippen molar-refractivity contribution in [3.8, 4) is 5.75 Å². The van der Waals surface area contributed by atoms with Gasteiger partial charge in [-0.3, -0.25) is 4.79 Å². The number of carbonyl (C=O) groups excluding carboxylic acids is 1. The minimum Gasteiger partial charge on any atom is -0.497 e. The molecule has 0 aliphatic carbocycles. The number of carboxylic acid groups (broad SMARTS) is 1. The maximum Gasteiger partial charge on any atom is 0.337 e. The van der Waals surface area contributed by atoms with Gasteiger partial charge in [0.1, 0.15) is 5.75 Å². The third-order valence-corrected chi connectivity index (χ3v) is 3.46. The molecule has 1 saturated heterocycles. The van der Waals surface area contributed by atoms with Crippen LogP contribution in [0, 0.1) is 0 Å². The van der Waals surface area contributed by atoms with Gasteiger partial charge in [-0.15, -0.1) is 0 Å². The lowest BCUT2D eigenvalue weighted by molar-refractivity contribution is -0.118. The molecule has 2 rings (SSSR count). The normalized spacial score (nSPS) is 21.0. The zero-order valence-corrected chi connectivity index (χ0v) is 11.9. The van der Waals surface area contributed by atoms with E-state index in [9.17, 15) is 14.7 Å². The second-order valence-corrected chi connectivity index (χ2v) is 4.76. The van der Waals surface area contributed by atoms with Crippen molar-refractivity contribution in [1.82, 2.24) is 5.32 Å². The Hall–Kier alpha value is -2.12. The van der Waals surface area contributed by atoms with Crippen LogP contribution in [0.1, 0.15) is 16.8 Å². The third-order valence-electron chi connectivity index (χ3n) is 3.46. The van der Waals surface area contributed by atoms with E-state index in [1.807, 2.05) is 0 Å². The van der Waals surface area contributed by atoms with Gasteiger partial charge in [0.2, 0.25) is 5.91 Å². The molecule has 2 atom stereocenters.